The second-order valence-electron chi connectivity index (χ2n) is 7.27. The summed E-state index contributed by atoms with van der Waals surface area (Å²) in [5.41, 5.74) is 1.16. The number of ether oxygens (including phenoxy) is 1. The van der Waals surface area contributed by atoms with Crippen molar-refractivity contribution in [2.45, 2.75) is 66.0 Å². The molecule has 25 heavy (non-hydrogen) atoms. The second-order valence-corrected chi connectivity index (χ2v) is 8.13. The van der Waals surface area contributed by atoms with E-state index < -0.39 is 0 Å². The smallest absolute Gasteiger partial charge is 0.191 e. The van der Waals surface area contributed by atoms with Gasteiger partial charge < -0.3 is 15.4 Å². The zero-order valence-electron chi connectivity index (χ0n) is 16.7. The maximum Gasteiger partial charge on any atom is 0.191 e. The molecule has 1 aromatic rings. The number of nitrogens with one attached hydrogen (secondary N) is 2. The molecule has 0 saturated heterocycles. The summed E-state index contributed by atoms with van der Waals surface area (Å²) in [6.45, 7) is 15.3. The van der Waals surface area contributed by atoms with Crippen LogP contribution >= 0.6 is 35.3 Å². The normalized spacial score (nSPS) is 13.5. The minimum Gasteiger partial charge on any atom is -0.378 e. The van der Waals surface area contributed by atoms with Crippen molar-refractivity contribution in [3.05, 3.63) is 16.1 Å². The van der Waals surface area contributed by atoms with Crippen LogP contribution in [0.3, 0.4) is 0 Å². The van der Waals surface area contributed by atoms with Gasteiger partial charge in [-0.3, -0.25) is 4.99 Å². The number of aromatic nitrogens is 1. The fourth-order valence-electron chi connectivity index (χ4n) is 2.28. The third-order valence-electron chi connectivity index (χ3n) is 3.70. The van der Waals surface area contributed by atoms with Crippen LogP contribution in [0.2, 0.25) is 0 Å². The van der Waals surface area contributed by atoms with Gasteiger partial charge in [0.2, 0.25) is 0 Å². The molecule has 0 saturated carbocycles. The van der Waals surface area contributed by atoms with Crippen LogP contribution in [0.1, 0.15) is 58.7 Å². The van der Waals surface area contributed by atoms with Crippen molar-refractivity contribution in [1.82, 2.24) is 15.6 Å². The topological polar surface area (TPSA) is 58.5 Å². The van der Waals surface area contributed by atoms with Crippen molar-refractivity contribution in [2.75, 3.05) is 20.2 Å². The summed E-state index contributed by atoms with van der Waals surface area (Å²) in [7, 11) is 1.79. The van der Waals surface area contributed by atoms with E-state index in [9.17, 15) is 0 Å². The van der Waals surface area contributed by atoms with Gasteiger partial charge in [0, 0.05) is 31.0 Å². The van der Waals surface area contributed by atoms with Gasteiger partial charge in [0.1, 0.15) is 0 Å². The number of halogens is 1. The number of thiazole rings is 1. The lowest BCUT2D eigenvalue weighted by Crippen LogP contribution is -2.39. The molecule has 1 heterocycles. The highest BCUT2D eigenvalue weighted by atomic mass is 127. The van der Waals surface area contributed by atoms with Crippen molar-refractivity contribution in [2.24, 2.45) is 10.9 Å². The molecule has 0 radical (unpaired) electrons. The number of nitrogens with zero attached hydrogens (tertiary/aromatic N) is 2. The molecular formula is C18H35IN4OS. The lowest BCUT2D eigenvalue weighted by molar-refractivity contribution is 0.0258. The van der Waals surface area contributed by atoms with E-state index in [1.807, 2.05) is 6.92 Å². The third kappa shape index (κ3) is 9.19. The fourth-order valence-corrected chi connectivity index (χ4v) is 3.19. The third-order valence-corrected chi connectivity index (χ3v) is 5.02. The SMILES string of the molecule is CCOC(CCNC(=NC)NCc1csc(C(C)(C)C)n1)C(C)C.I. The van der Waals surface area contributed by atoms with Crippen LogP contribution in [0.15, 0.2) is 10.4 Å². The van der Waals surface area contributed by atoms with Crippen LogP contribution in [0.25, 0.3) is 0 Å². The van der Waals surface area contributed by atoms with Crippen LogP contribution in [0.4, 0.5) is 0 Å². The van der Waals surface area contributed by atoms with E-state index in [2.05, 4.69) is 55.6 Å². The van der Waals surface area contributed by atoms with Crippen molar-refractivity contribution in [3.63, 3.8) is 0 Å². The van der Waals surface area contributed by atoms with Gasteiger partial charge in [-0.1, -0.05) is 34.6 Å². The molecule has 5 nitrogen and oxygen atoms in total. The van der Waals surface area contributed by atoms with E-state index in [4.69, 9.17) is 9.72 Å². The highest BCUT2D eigenvalue weighted by Crippen LogP contribution is 2.25. The Labute approximate surface area is 174 Å². The minimum absolute atomic E-state index is 0. The van der Waals surface area contributed by atoms with Crippen molar-refractivity contribution in [1.29, 1.82) is 0 Å². The molecule has 0 aliphatic carbocycles. The summed E-state index contributed by atoms with van der Waals surface area (Å²) in [5, 5.41) is 9.96. The molecule has 0 spiro atoms. The number of rotatable bonds is 8. The molecule has 0 aliphatic heterocycles. The predicted molar refractivity (Wildman–Crippen MR) is 119 cm³/mol. The molecule has 7 heteroatoms. The summed E-state index contributed by atoms with van der Waals surface area (Å²) < 4.78 is 5.77. The van der Waals surface area contributed by atoms with Gasteiger partial charge in [-0.15, -0.1) is 35.3 Å². The van der Waals surface area contributed by atoms with E-state index in [0.29, 0.717) is 12.5 Å². The lowest BCUT2D eigenvalue weighted by Gasteiger charge is -2.21. The number of hydrogen-bond donors (Lipinski definition) is 2. The molecule has 0 amide bonds. The Morgan fingerprint density at radius 2 is 2.00 bits per heavy atom. The van der Waals surface area contributed by atoms with E-state index >= 15 is 0 Å². The summed E-state index contributed by atoms with van der Waals surface area (Å²) >= 11 is 1.72. The molecule has 146 valence electrons. The number of aliphatic imine (C=N–C) groups is 1. The molecule has 0 fully saturated rings. The maximum atomic E-state index is 5.77. The molecule has 2 N–H and O–H groups in total. The monoisotopic (exact) mass is 482 g/mol. The van der Waals surface area contributed by atoms with Gasteiger partial charge in [-0.25, -0.2) is 4.98 Å². The Kier molecular flexibility index (Phi) is 11.9. The minimum atomic E-state index is 0. The first kappa shape index (κ1) is 24.6. The van der Waals surface area contributed by atoms with Gasteiger partial charge in [0.25, 0.3) is 0 Å². The predicted octanol–water partition coefficient (Wildman–Crippen LogP) is 4.17. The van der Waals surface area contributed by atoms with Crippen molar-refractivity contribution in [3.8, 4) is 0 Å². The van der Waals surface area contributed by atoms with Crippen LogP contribution < -0.4 is 10.6 Å². The quantitative estimate of drug-likeness (QED) is 0.332. The van der Waals surface area contributed by atoms with Crippen LogP contribution in [-0.4, -0.2) is 37.2 Å². The first-order valence-corrected chi connectivity index (χ1v) is 9.66. The molecule has 1 aromatic heterocycles. The van der Waals surface area contributed by atoms with E-state index in [1.54, 1.807) is 18.4 Å². The van der Waals surface area contributed by atoms with Gasteiger partial charge in [-0.05, 0) is 19.3 Å². The highest BCUT2D eigenvalue weighted by Gasteiger charge is 2.18. The summed E-state index contributed by atoms with van der Waals surface area (Å²) in [4.78, 5) is 8.97. The van der Waals surface area contributed by atoms with Crippen molar-refractivity contribution < 1.29 is 4.74 Å². The molecular weight excluding hydrogens is 447 g/mol. The Morgan fingerprint density at radius 1 is 1.32 bits per heavy atom. The lowest BCUT2D eigenvalue weighted by atomic mass is 9.98. The molecule has 1 unspecified atom stereocenters. The van der Waals surface area contributed by atoms with Crippen LogP contribution in [0.5, 0.6) is 0 Å². The summed E-state index contributed by atoms with van der Waals surface area (Å²) in [5.74, 6) is 1.33. The summed E-state index contributed by atoms with van der Waals surface area (Å²) in [6.07, 6.45) is 1.25. The van der Waals surface area contributed by atoms with E-state index in [-0.39, 0.29) is 35.5 Å². The molecule has 1 rings (SSSR count). The zero-order valence-corrected chi connectivity index (χ0v) is 19.8. The van der Waals surface area contributed by atoms with Gasteiger partial charge in [0.15, 0.2) is 5.96 Å². The Balaban J connectivity index is 0.00000576. The molecule has 0 aromatic carbocycles. The Morgan fingerprint density at radius 3 is 2.48 bits per heavy atom. The fraction of sp³-hybridized carbons (Fsp3) is 0.778. The average molecular weight is 482 g/mol. The number of guanidine groups is 1. The van der Waals surface area contributed by atoms with Crippen LogP contribution in [0, 0.1) is 5.92 Å². The number of hydrogen-bond acceptors (Lipinski definition) is 4. The Bertz CT molecular complexity index is 511. The molecule has 1 atom stereocenters. The standard InChI is InChI=1S/C18H34N4OS.HI/c1-8-23-15(13(2)3)9-10-20-17(19-7)21-11-14-12-24-16(22-14)18(4,5)6;/h12-13,15H,8-11H2,1-7H3,(H2,19,20,21);1H. The first-order valence-electron chi connectivity index (χ1n) is 8.78. The largest absolute Gasteiger partial charge is 0.378 e. The second kappa shape index (κ2) is 12.1. The Hall–Kier alpha value is -0.410. The van der Waals surface area contributed by atoms with Gasteiger partial charge in [0.05, 0.1) is 23.4 Å². The average Bonchev–Trinajstić information content (AvgIpc) is 2.98. The maximum absolute atomic E-state index is 5.77. The molecule has 0 bridgehead atoms. The van der Waals surface area contributed by atoms with E-state index in [0.717, 1.165) is 31.2 Å². The zero-order chi connectivity index (χ0) is 18.2. The van der Waals surface area contributed by atoms with Gasteiger partial charge in [-0.2, -0.15) is 0 Å². The highest BCUT2D eigenvalue weighted by molar-refractivity contribution is 14.0. The van der Waals surface area contributed by atoms with Crippen molar-refractivity contribution >= 4 is 41.3 Å². The first-order chi connectivity index (χ1) is 11.3. The molecule has 0 aliphatic rings. The van der Waals surface area contributed by atoms with Crippen LogP contribution in [-0.2, 0) is 16.7 Å². The van der Waals surface area contributed by atoms with Gasteiger partial charge >= 0.3 is 0 Å². The summed E-state index contributed by atoms with van der Waals surface area (Å²) in [6, 6.07) is 0. The van der Waals surface area contributed by atoms with E-state index in [1.165, 1.54) is 5.01 Å².